The molecule has 1 aliphatic heterocycles. The molecule has 1 saturated carbocycles. The van der Waals surface area contributed by atoms with Gasteiger partial charge in [-0.1, -0.05) is 0 Å². The van der Waals surface area contributed by atoms with Gasteiger partial charge in [-0.05, 0) is 12.8 Å². The average Bonchev–Trinajstić information content (AvgIpc) is 2.24. The summed E-state index contributed by atoms with van der Waals surface area (Å²) >= 11 is 0. The zero-order valence-electron chi connectivity index (χ0n) is 6.54. The molecule has 1 saturated heterocycles. The van der Waals surface area contributed by atoms with Crippen LogP contribution in [0, 0.1) is 5.92 Å². The molecule has 2 fully saturated rings. The summed E-state index contributed by atoms with van der Waals surface area (Å²) in [6, 6.07) is 0.352. The molecule has 0 aromatic carbocycles. The number of fused-ring (bicyclic) bond motifs is 2. The molecular formula is C8H11NO2. The maximum Gasteiger partial charge on any atom is 0.233 e. The van der Waals surface area contributed by atoms with E-state index in [2.05, 4.69) is 0 Å². The number of hydrogen-bond acceptors (Lipinski definition) is 2. The molecule has 0 aromatic rings. The number of amides is 1. The predicted octanol–water partition coefficient (Wildman–Crippen LogP) is 0.196. The van der Waals surface area contributed by atoms with Crippen molar-refractivity contribution < 1.29 is 9.59 Å². The highest BCUT2D eigenvalue weighted by atomic mass is 16.2. The Labute approximate surface area is 65.4 Å². The van der Waals surface area contributed by atoms with Crippen molar-refractivity contribution in [3.05, 3.63) is 0 Å². The summed E-state index contributed by atoms with van der Waals surface area (Å²) in [4.78, 5) is 24.2. The zero-order valence-corrected chi connectivity index (χ0v) is 6.54. The van der Waals surface area contributed by atoms with Gasteiger partial charge in [-0.3, -0.25) is 9.59 Å². The second-order valence-electron chi connectivity index (χ2n) is 3.40. The number of Topliss-reactive ketones (excluding diaryl/α,β-unsaturated/α-hetero) is 1. The standard InChI is InChI=1S/C8H11NO2/c1-9-5-2-3-7(10)6(4-5)8(9)11/h5-6H,2-4H2,1H3. The molecule has 0 radical (unpaired) electrons. The topological polar surface area (TPSA) is 37.4 Å². The van der Waals surface area contributed by atoms with Crippen LogP contribution in [0.3, 0.4) is 0 Å². The third kappa shape index (κ3) is 0.800. The molecule has 2 atom stereocenters. The maximum absolute atomic E-state index is 11.3. The van der Waals surface area contributed by atoms with Crippen LogP contribution in [-0.2, 0) is 9.59 Å². The van der Waals surface area contributed by atoms with Crippen LogP contribution >= 0.6 is 0 Å². The van der Waals surface area contributed by atoms with Crippen LogP contribution in [0.2, 0.25) is 0 Å². The van der Waals surface area contributed by atoms with E-state index in [4.69, 9.17) is 0 Å². The number of carbonyl (C=O) groups excluding carboxylic acids is 2. The van der Waals surface area contributed by atoms with Crippen molar-refractivity contribution in [2.24, 2.45) is 5.92 Å². The van der Waals surface area contributed by atoms with Gasteiger partial charge in [-0.2, -0.15) is 0 Å². The van der Waals surface area contributed by atoms with Crippen LogP contribution in [0.1, 0.15) is 19.3 Å². The molecule has 1 amide bonds. The first-order chi connectivity index (χ1) is 5.20. The van der Waals surface area contributed by atoms with Crippen LogP contribution in [0.5, 0.6) is 0 Å². The zero-order chi connectivity index (χ0) is 8.01. The Morgan fingerprint density at radius 3 is 2.82 bits per heavy atom. The van der Waals surface area contributed by atoms with Gasteiger partial charge in [-0.25, -0.2) is 0 Å². The SMILES string of the molecule is CN1C(=O)C2CC1CCC2=O. The minimum Gasteiger partial charge on any atom is -0.342 e. The molecule has 0 spiro atoms. The summed E-state index contributed by atoms with van der Waals surface area (Å²) in [6.07, 6.45) is 2.25. The summed E-state index contributed by atoms with van der Waals surface area (Å²) < 4.78 is 0. The molecular weight excluding hydrogens is 142 g/mol. The van der Waals surface area contributed by atoms with Crippen molar-refractivity contribution in [1.82, 2.24) is 4.90 Å². The van der Waals surface area contributed by atoms with E-state index in [1.165, 1.54) is 0 Å². The van der Waals surface area contributed by atoms with Crippen molar-refractivity contribution >= 4 is 11.7 Å². The smallest absolute Gasteiger partial charge is 0.233 e. The molecule has 2 unspecified atom stereocenters. The fourth-order valence-electron chi connectivity index (χ4n) is 2.02. The third-order valence-electron chi connectivity index (χ3n) is 2.81. The largest absolute Gasteiger partial charge is 0.342 e. The Morgan fingerprint density at radius 2 is 2.18 bits per heavy atom. The molecule has 2 rings (SSSR count). The van der Waals surface area contributed by atoms with Crippen LogP contribution in [-0.4, -0.2) is 29.7 Å². The van der Waals surface area contributed by atoms with Gasteiger partial charge in [0.05, 0.1) is 5.92 Å². The van der Waals surface area contributed by atoms with Crippen molar-refractivity contribution in [3.8, 4) is 0 Å². The highest BCUT2D eigenvalue weighted by Crippen LogP contribution is 2.32. The van der Waals surface area contributed by atoms with E-state index in [9.17, 15) is 9.59 Å². The fourth-order valence-corrected chi connectivity index (χ4v) is 2.02. The first kappa shape index (κ1) is 6.83. The lowest BCUT2D eigenvalue weighted by atomic mass is 9.89. The van der Waals surface area contributed by atoms with Gasteiger partial charge in [-0.15, -0.1) is 0 Å². The molecule has 2 bridgehead atoms. The molecule has 0 aromatic heterocycles. The van der Waals surface area contributed by atoms with Gasteiger partial charge in [0.1, 0.15) is 5.78 Å². The highest BCUT2D eigenvalue weighted by molar-refractivity contribution is 6.03. The molecule has 3 heteroatoms. The van der Waals surface area contributed by atoms with E-state index in [1.807, 2.05) is 0 Å². The van der Waals surface area contributed by atoms with Crippen molar-refractivity contribution in [2.45, 2.75) is 25.3 Å². The molecule has 1 aliphatic carbocycles. The lowest BCUT2D eigenvalue weighted by Gasteiger charge is -2.18. The normalized spacial score (nSPS) is 36.6. The summed E-state index contributed by atoms with van der Waals surface area (Å²) in [5, 5.41) is 0. The van der Waals surface area contributed by atoms with Gasteiger partial charge in [0.25, 0.3) is 0 Å². The van der Waals surface area contributed by atoms with E-state index in [0.717, 1.165) is 12.8 Å². The Morgan fingerprint density at radius 1 is 1.45 bits per heavy atom. The third-order valence-corrected chi connectivity index (χ3v) is 2.81. The number of nitrogens with zero attached hydrogens (tertiary/aromatic N) is 1. The lowest BCUT2D eigenvalue weighted by molar-refractivity contribution is -0.135. The Bertz CT molecular complexity index is 224. The van der Waals surface area contributed by atoms with Gasteiger partial charge in [0, 0.05) is 19.5 Å². The van der Waals surface area contributed by atoms with Crippen molar-refractivity contribution in [2.75, 3.05) is 7.05 Å². The van der Waals surface area contributed by atoms with E-state index in [1.54, 1.807) is 11.9 Å². The monoisotopic (exact) mass is 153 g/mol. The number of carbonyl (C=O) groups is 2. The Kier molecular flexibility index (Phi) is 1.28. The van der Waals surface area contributed by atoms with Crippen molar-refractivity contribution in [1.29, 1.82) is 0 Å². The van der Waals surface area contributed by atoms with Gasteiger partial charge in [0.2, 0.25) is 5.91 Å². The summed E-state index contributed by atoms with van der Waals surface area (Å²) in [5.41, 5.74) is 0. The minimum atomic E-state index is -0.279. The van der Waals surface area contributed by atoms with Gasteiger partial charge < -0.3 is 4.90 Å². The summed E-state index contributed by atoms with van der Waals surface area (Å²) in [6.45, 7) is 0. The molecule has 60 valence electrons. The summed E-state index contributed by atoms with van der Waals surface area (Å²) in [7, 11) is 1.80. The van der Waals surface area contributed by atoms with E-state index >= 15 is 0 Å². The molecule has 11 heavy (non-hydrogen) atoms. The summed E-state index contributed by atoms with van der Waals surface area (Å²) in [5.74, 6) is -0.0909. The van der Waals surface area contributed by atoms with Crippen LogP contribution in [0.15, 0.2) is 0 Å². The Hall–Kier alpha value is -0.860. The molecule has 2 aliphatic rings. The first-order valence-electron chi connectivity index (χ1n) is 3.99. The number of ketones is 1. The number of hydrogen-bond donors (Lipinski definition) is 0. The van der Waals surface area contributed by atoms with Gasteiger partial charge in [0.15, 0.2) is 0 Å². The second kappa shape index (κ2) is 2.06. The number of likely N-dealkylation sites (tertiary alicyclic amines) is 1. The van der Waals surface area contributed by atoms with Crippen LogP contribution in [0.4, 0.5) is 0 Å². The van der Waals surface area contributed by atoms with Crippen LogP contribution < -0.4 is 0 Å². The number of rotatable bonds is 0. The second-order valence-corrected chi connectivity index (χ2v) is 3.40. The first-order valence-corrected chi connectivity index (χ1v) is 3.99. The molecule has 0 N–H and O–H groups in total. The quantitative estimate of drug-likeness (QED) is 0.466. The van der Waals surface area contributed by atoms with Gasteiger partial charge >= 0.3 is 0 Å². The lowest BCUT2D eigenvalue weighted by Crippen LogP contribution is -2.27. The predicted molar refractivity (Wildman–Crippen MR) is 38.9 cm³/mol. The van der Waals surface area contributed by atoms with E-state index < -0.39 is 0 Å². The van der Waals surface area contributed by atoms with E-state index in [-0.39, 0.29) is 17.6 Å². The highest BCUT2D eigenvalue weighted by Gasteiger charge is 2.44. The molecule has 3 nitrogen and oxygen atoms in total. The minimum absolute atomic E-state index is 0.0394. The van der Waals surface area contributed by atoms with Crippen molar-refractivity contribution in [3.63, 3.8) is 0 Å². The van der Waals surface area contributed by atoms with Crippen LogP contribution in [0.25, 0.3) is 0 Å². The van der Waals surface area contributed by atoms with E-state index in [0.29, 0.717) is 12.5 Å². The molecule has 1 heterocycles. The Balaban J connectivity index is 2.29. The maximum atomic E-state index is 11.3. The fraction of sp³-hybridized carbons (Fsp3) is 0.750. The average molecular weight is 153 g/mol.